The van der Waals surface area contributed by atoms with E-state index in [4.69, 9.17) is 8.85 Å². The molecule has 0 radical (unpaired) electrons. The molecule has 6 heteroatoms. The van der Waals surface area contributed by atoms with Crippen molar-refractivity contribution in [1.29, 1.82) is 0 Å². The summed E-state index contributed by atoms with van der Waals surface area (Å²) < 4.78 is 14.2. The van der Waals surface area contributed by atoms with Gasteiger partial charge in [0.2, 0.25) is 0 Å². The van der Waals surface area contributed by atoms with Crippen LogP contribution in [0.3, 0.4) is 0 Å². The van der Waals surface area contributed by atoms with Gasteiger partial charge in [-0.3, -0.25) is 0 Å². The SMILES string of the molecule is CC1=C2C[C@H](O)c3ccccc3[C@H](O[Si](C)(C)C(C)(C)C)[C@](O)(C[C@@H]1O[Si](C)(C)C(C)(C)C)C2(C)C. The van der Waals surface area contributed by atoms with Gasteiger partial charge in [-0.15, -0.1) is 0 Å². The second-order valence-corrected chi connectivity index (χ2v) is 24.4. The Hall–Kier alpha value is -0.766. The molecule has 2 aliphatic rings. The summed E-state index contributed by atoms with van der Waals surface area (Å²) in [6, 6.07) is 8.02. The molecule has 0 saturated heterocycles. The second kappa shape index (κ2) is 9.16. The van der Waals surface area contributed by atoms with E-state index >= 15 is 0 Å². The number of benzene rings is 1. The zero-order valence-electron chi connectivity index (χ0n) is 25.2. The third-order valence-corrected chi connectivity index (χ3v) is 19.1. The molecule has 1 aromatic carbocycles. The lowest BCUT2D eigenvalue weighted by Crippen LogP contribution is -2.61. The molecule has 0 fully saturated rings. The highest BCUT2D eigenvalue weighted by Gasteiger charge is 2.60. The summed E-state index contributed by atoms with van der Waals surface area (Å²) >= 11 is 0. The van der Waals surface area contributed by atoms with E-state index in [2.05, 4.69) is 88.5 Å². The van der Waals surface area contributed by atoms with Crippen molar-refractivity contribution < 1.29 is 19.1 Å². The number of fused-ring (bicyclic) bond motifs is 3. The first kappa shape index (κ1) is 29.8. The molecular weight excluding hydrogens is 480 g/mol. The fourth-order valence-corrected chi connectivity index (χ4v) is 7.99. The molecule has 0 saturated carbocycles. The largest absolute Gasteiger partial charge is 0.410 e. The van der Waals surface area contributed by atoms with Crippen molar-refractivity contribution in [3.63, 3.8) is 0 Å². The number of aliphatic hydroxyl groups excluding tert-OH is 1. The van der Waals surface area contributed by atoms with Crippen LogP contribution in [0.2, 0.25) is 36.3 Å². The van der Waals surface area contributed by atoms with Crippen LogP contribution < -0.4 is 0 Å². The fourth-order valence-electron chi connectivity index (χ4n) is 5.40. The highest BCUT2D eigenvalue weighted by Crippen LogP contribution is 2.60. The molecule has 4 nitrogen and oxygen atoms in total. The van der Waals surface area contributed by atoms with Crippen molar-refractivity contribution in [2.75, 3.05) is 0 Å². The standard InChI is InChI=1S/C30H52O4Si2/c1-20-23-18-24(31)21-16-14-15-17-22(21)26(34-36(12,13)28(5,6)7)30(32,29(23,8)9)19-25(20)33-35(10,11)27(2,3)4/h14-17,24-26,31-32H,18-19H2,1-13H3/t24-,25-,26-,30+/m0/s1. The minimum absolute atomic E-state index is 0.0241. The zero-order chi connectivity index (χ0) is 27.7. The molecule has 0 unspecified atom stereocenters. The minimum Gasteiger partial charge on any atom is -0.410 e. The summed E-state index contributed by atoms with van der Waals surface area (Å²) in [7, 11) is -4.41. The molecule has 2 N–H and O–H groups in total. The normalized spacial score (nSPS) is 29.5. The molecule has 0 spiro atoms. The van der Waals surface area contributed by atoms with Gasteiger partial charge in [0.05, 0.1) is 12.2 Å². The fraction of sp³-hybridized carbons (Fsp3) is 0.733. The first-order chi connectivity index (χ1) is 16.1. The van der Waals surface area contributed by atoms with Crippen LogP contribution in [0, 0.1) is 5.41 Å². The summed E-state index contributed by atoms with van der Waals surface area (Å²) in [5, 5.41) is 24.5. The van der Waals surface area contributed by atoms with Gasteiger partial charge in [-0.25, -0.2) is 0 Å². The summed E-state index contributed by atoms with van der Waals surface area (Å²) in [4.78, 5) is 0. The molecule has 0 aromatic heterocycles. The summed E-state index contributed by atoms with van der Waals surface area (Å²) in [5.74, 6) is 0. The van der Waals surface area contributed by atoms with Gasteiger partial charge >= 0.3 is 0 Å². The first-order valence-corrected chi connectivity index (χ1v) is 19.4. The molecular formula is C30H52O4Si2. The zero-order valence-corrected chi connectivity index (χ0v) is 27.2. The van der Waals surface area contributed by atoms with E-state index in [0.717, 1.165) is 16.7 Å². The maximum absolute atomic E-state index is 13.0. The van der Waals surface area contributed by atoms with E-state index in [1.807, 2.05) is 24.3 Å². The molecule has 0 amide bonds. The van der Waals surface area contributed by atoms with Gasteiger partial charge in [0.25, 0.3) is 0 Å². The lowest BCUT2D eigenvalue weighted by atomic mass is 9.56. The molecule has 4 atom stereocenters. The lowest BCUT2D eigenvalue weighted by Gasteiger charge is -2.58. The van der Waals surface area contributed by atoms with E-state index in [1.54, 1.807) is 0 Å². The average molecular weight is 533 g/mol. The van der Waals surface area contributed by atoms with Crippen LogP contribution in [-0.2, 0) is 8.85 Å². The van der Waals surface area contributed by atoms with Crippen LogP contribution in [0.4, 0.5) is 0 Å². The van der Waals surface area contributed by atoms with E-state index < -0.39 is 39.9 Å². The number of rotatable bonds is 4. The van der Waals surface area contributed by atoms with Gasteiger partial charge in [-0.05, 0) is 66.3 Å². The third kappa shape index (κ3) is 4.87. The quantitative estimate of drug-likeness (QED) is 0.304. The Morgan fingerprint density at radius 2 is 1.33 bits per heavy atom. The first-order valence-electron chi connectivity index (χ1n) is 13.6. The van der Waals surface area contributed by atoms with Crippen LogP contribution in [0.5, 0.6) is 0 Å². The van der Waals surface area contributed by atoms with Crippen LogP contribution in [-0.4, -0.2) is 38.6 Å². The van der Waals surface area contributed by atoms with Crippen molar-refractivity contribution in [3.8, 4) is 0 Å². The van der Waals surface area contributed by atoms with Gasteiger partial charge in [0.1, 0.15) is 11.7 Å². The van der Waals surface area contributed by atoms with Gasteiger partial charge in [0, 0.05) is 11.8 Å². The van der Waals surface area contributed by atoms with E-state index in [-0.39, 0.29) is 16.2 Å². The Morgan fingerprint density at radius 3 is 1.83 bits per heavy atom. The number of hydrogen-bond donors (Lipinski definition) is 2. The maximum Gasteiger partial charge on any atom is 0.193 e. The van der Waals surface area contributed by atoms with E-state index in [9.17, 15) is 10.2 Å². The van der Waals surface area contributed by atoms with Crippen molar-refractivity contribution >= 4 is 16.6 Å². The maximum atomic E-state index is 13.0. The van der Waals surface area contributed by atoms with Gasteiger partial charge in [-0.1, -0.05) is 85.2 Å². The predicted octanol–water partition coefficient (Wildman–Crippen LogP) is 8.05. The summed E-state index contributed by atoms with van der Waals surface area (Å²) in [6.45, 7) is 28.9. The monoisotopic (exact) mass is 532 g/mol. The Bertz CT molecular complexity index is 1010. The van der Waals surface area contributed by atoms with Gasteiger partial charge in [0.15, 0.2) is 16.6 Å². The molecule has 1 aromatic rings. The van der Waals surface area contributed by atoms with Crippen molar-refractivity contribution in [2.24, 2.45) is 5.41 Å². The molecule has 204 valence electrons. The van der Waals surface area contributed by atoms with Crippen LogP contribution in [0.1, 0.15) is 98.5 Å². The Morgan fingerprint density at radius 1 is 0.861 bits per heavy atom. The minimum atomic E-state index is -2.29. The van der Waals surface area contributed by atoms with Crippen LogP contribution in [0.25, 0.3) is 0 Å². The van der Waals surface area contributed by atoms with Crippen LogP contribution in [0.15, 0.2) is 35.4 Å². The predicted molar refractivity (Wildman–Crippen MR) is 155 cm³/mol. The summed E-state index contributed by atoms with van der Waals surface area (Å²) in [5.41, 5.74) is 2.26. The third-order valence-electron chi connectivity index (χ3n) is 10.2. The second-order valence-electron chi connectivity index (χ2n) is 14.9. The van der Waals surface area contributed by atoms with Gasteiger partial charge in [-0.2, -0.15) is 0 Å². The number of aliphatic hydroxyl groups is 2. The van der Waals surface area contributed by atoms with Crippen molar-refractivity contribution in [2.45, 2.75) is 135 Å². The molecule has 3 rings (SSSR count). The Kier molecular flexibility index (Phi) is 7.58. The van der Waals surface area contributed by atoms with Crippen LogP contribution >= 0.6 is 0 Å². The molecule has 36 heavy (non-hydrogen) atoms. The van der Waals surface area contributed by atoms with E-state index in [0.29, 0.717) is 12.8 Å². The number of hydrogen-bond acceptors (Lipinski definition) is 4. The highest BCUT2D eigenvalue weighted by molar-refractivity contribution is 6.74. The Labute approximate surface area is 222 Å². The molecule has 2 bridgehead atoms. The van der Waals surface area contributed by atoms with Crippen molar-refractivity contribution in [3.05, 3.63) is 46.5 Å². The topological polar surface area (TPSA) is 58.9 Å². The van der Waals surface area contributed by atoms with Crippen molar-refractivity contribution in [1.82, 2.24) is 0 Å². The average Bonchev–Trinajstić information content (AvgIpc) is 2.71. The molecule has 2 aliphatic carbocycles. The van der Waals surface area contributed by atoms with Gasteiger partial charge < -0.3 is 19.1 Å². The highest BCUT2D eigenvalue weighted by atomic mass is 28.4. The molecule has 0 heterocycles. The van der Waals surface area contributed by atoms with E-state index in [1.165, 1.54) is 5.57 Å². The Balaban J connectivity index is 2.28. The smallest absolute Gasteiger partial charge is 0.193 e. The molecule has 0 aliphatic heterocycles. The lowest BCUT2D eigenvalue weighted by molar-refractivity contribution is -0.160. The summed E-state index contributed by atoms with van der Waals surface area (Å²) in [6.07, 6.45) is -0.462.